The molecule has 0 unspecified atom stereocenters. The lowest BCUT2D eigenvalue weighted by molar-refractivity contribution is 1.27. The van der Waals surface area contributed by atoms with Gasteiger partial charge in [0.1, 0.15) is 0 Å². The van der Waals surface area contributed by atoms with Gasteiger partial charge in [0.25, 0.3) is 0 Å². The lowest BCUT2D eigenvalue weighted by atomic mass is 9.41. The summed E-state index contributed by atoms with van der Waals surface area (Å²) < 4.78 is 0. The third-order valence-corrected chi connectivity index (χ3v) is 16.7. The summed E-state index contributed by atoms with van der Waals surface area (Å²) in [5, 5.41) is 1.27. The van der Waals surface area contributed by atoms with Gasteiger partial charge in [-0.1, -0.05) is 90.0 Å². The Hall–Kier alpha value is -0.676. The third kappa shape index (κ3) is 5.66. The van der Waals surface area contributed by atoms with Crippen molar-refractivity contribution in [2.75, 3.05) is 0 Å². The minimum Gasteiger partial charge on any atom is -0.183 e. The van der Waals surface area contributed by atoms with E-state index in [-0.39, 0.29) is 12.3 Å². The Morgan fingerprint density at radius 1 is 0.529 bits per heavy atom. The molecule has 2 aromatic carbocycles. The van der Waals surface area contributed by atoms with Crippen LogP contribution in [0, 0.1) is 55.4 Å². The molecule has 0 aromatic heterocycles. The summed E-state index contributed by atoms with van der Waals surface area (Å²) in [7, 11) is -3.46. The van der Waals surface area contributed by atoms with Gasteiger partial charge in [-0.15, -0.1) is 4.82 Å². The molecule has 0 bridgehead atoms. The van der Waals surface area contributed by atoms with E-state index in [0.29, 0.717) is 0 Å². The van der Waals surface area contributed by atoms with Crippen LogP contribution in [-0.2, 0) is 0 Å². The lowest BCUT2D eigenvalue weighted by Gasteiger charge is -2.38. The van der Waals surface area contributed by atoms with Gasteiger partial charge in [-0.2, -0.15) is 22.9 Å². The van der Waals surface area contributed by atoms with Crippen LogP contribution < -0.4 is 10.9 Å². The Labute approximate surface area is 222 Å². The van der Waals surface area contributed by atoms with Crippen LogP contribution in [-0.4, -0.2) is 28.4 Å². The van der Waals surface area contributed by atoms with Crippen LogP contribution in [0.2, 0.25) is 39.3 Å². The molecule has 0 amide bonds. The Morgan fingerprint density at radius 2 is 0.765 bits per heavy atom. The van der Waals surface area contributed by atoms with E-state index in [4.69, 9.17) is 22.9 Å². The highest BCUT2D eigenvalue weighted by Gasteiger charge is 2.42. The van der Waals surface area contributed by atoms with Crippen molar-refractivity contribution in [1.29, 1.82) is 0 Å². The number of benzene rings is 2. The summed E-state index contributed by atoms with van der Waals surface area (Å²) in [5.41, 5.74) is 12.9. The molecule has 0 aliphatic carbocycles. The van der Waals surface area contributed by atoms with Crippen molar-refractivity contribution in [3.05, 3.63) is 66.8 Å². The van der Waals surface area contributed by atoms with Crippen LogP contribution in [0.3, 0.4) is 0 Å². The zero-order valence-corrected chi connectivity index (χ0v) is 27.6. The summed E-state index contributed by atoms with van der Waals surface area (Å²) in [6.45, 7) is 32.5. The van der Waals surface area contributed by atoms with Crippen molar-refractivity contribution in [1.82, 2.24) is 0 Å². The Balaban J connectivity index is 3.08. The molecule has 0 aliphatic rings. The molecular weight excluding hydrogens is 485 g/mol. The van der Waals surface area contributed by atoms with E-state index in [0.717, 1.165) is 0 Å². The van der Waals surface area contributed by atoms with Crippen LogP contribution in [0.4, 0.5) is 0 Å². The average molecular weight is 529 g/mol. The predicted octanol–water partition coefficient (Wildman–Crippen LogP) is 7.86. The van der Waals surface area contributed by atoms with Crippen molar-refractivity contribution in [3.63, 3.8) is 0 Å². The van der Waals surface area contributed by atoms with E-state index in [2.05, 4.69) is 107 Å². The van der Waals surface area contributed by atoms with Crippen molar-refractivity contribution in [2.24, 2.45) is 0 Å². The van der Waals surface area contributed by atoms with Crippen molar-refractivity contribution in [3.8, 4) is 0 Å². The molecule has 34 heavy (non-hydrogen) atoms. The van der Waals surface area contributed by atoms with Crippen LogP contribution >= 0.6 is 22.9 Å². The van der Waals surface area contributed by atoms with Gasteiger partial charge in [0, 0.05) is 0 Å². The molecule has 0 fully saturated rings. The second-order valence-corrected chi connectivity index (χ2v) is 23.8. The Bertz CT molecular complexity index is 999. The highest BCUT2D eigenvalue weighted by Crippen LogP contribution is 2.34. The first-order chi connectivity index (χ1) is 15.3. The molecule has 184 valence electrons. The predicted molar refractivity (Wildman–Crippen MR) is 167 cm³/mol. The number of hydrogen-bond acceptors (Lipinski definition) is 0. The molecule has 0 radical (unpaired) electrons. The van der Waals surface area contributed by atoms with Gasteiger partial charge in [0.2, 0.25) is 0 Å². The van der Waals surface area contributed by atoms with E-state index >= 15 is 0 Å². The maximum absolute atomic E-state index is 7.66. The number of hydrogen-bond donors (Lipinski definition) is 0. The van der Waals surface area contributed by atoms with Crippen molar-refractivity contribution < 1.29 is 0 Å². The largest absolute Gasteiger partial charge is 0.304 e. The van der Waals surface area contributed by atoms with Gasteiger partial charge >= 0.3 is 12.3 Å². The fraction of sp³-hybridized carbons (Fsp3) is 0.500. The van der Waals surface area contributed by atoms with E-state index in [1.54, 1.807) is 4.82 Å². The minimum absolute atomic E-state index is 0.242. The topological polar surface area (TPSA) is 0 Å². The fourth-order valence-corrected chi connectivity index (χ4v) is 18.8. The molecule has 6 heteroatoms. The van der Waals surface area contributed by atoms with Crippen LogP contribution in [0.5, 0.6) is 0 Å². The zero-order chi connectivity index (χ0) is 26.5. The standard InChI is InChI=1S/C28H44B2Cl2Si2/c1-17-15-18(2)22(6)25(21(17)5)29(31)27(28(33(9,10)11)34(12,13)14)30(32)26-23(7)19(3)16-20(4)24(26)8/h15-16H,1-14H3. The van der Waals surface area contributed by atoms with Gasteiger partial charge in [-0.05, 0) is 77.6 Å². The molecule has 0 saturated carbocycles. The molecule has 0 spiro atoms. The first kappa shape index (κ1) is 29.6. The molecule has 0 N–H and O–H groups in total. The molecule has 0 saturated heterocycles. The lowest BCUT2D eigenvalue weighted by Crippen LogP contribution is -2.51. The van der Waals surface area contributed by atoms with E-state index in [1.165, 1.54) is 60.8 Å². The van der Waals surface area contributed by atoms with Gasteiger partial charge in [0.15, 0.2) is 0 Å². The molecule has 0 nitrogen and oxygen atoms in total. The van der Waals surface area contributed by atoms with E-state index in [1.807, 2.05) is 0 Å². The molecule has 0 heterocycles. The first-order valence-electron chi connectivity index (χ1n) is 12.5. The van der Waals surface area contributed by atoms with E-state index in [9.17, 15) is 0 Å². The first-order valence-corrected chi connectivity index (χ1v) is 20.4. The third-order valence-electron chi connectivity index (χ3n) is 7.69. The molecule has 2 rings (SSSR count). The number of halogens is 2. The quantitative estimate of drug-likeness (QED) is 0.335. The highest BCUT2D eigenvalue weighted by atomic mass is 35.5. The number of rotatable bonds is 6. The molecular formula is C28H44B2Cl2Si2. The summed E-state index contributed by atoms with van der Waals surface area (Å²) in [6.07, 6.45) is -0.483. The minimum atomic E-state index is -1.73. The second-order valence-electron chi connectivity index (χ2n) is 12.4. The maximum atomic E-state index is 7.66. The number of aryl methyl sites for hydroxylation is 4. The highest BCUT2D eigenvalue weighted by molar-refractivity contribution is 7.35. The zero-order valence-electron chi connectivity index (χ0n) is 24.1. The summed E-state index contributed by atoms with van der Waals surface area (Å²) >= 11 is 15.3. The molecule has 0 aliphatic heterocycles. The SMILES string of the molecule is Cc1cc(C)c(C)c(B(Cl)C(B(Cl)c2c(C)c(C)cc(C)c2C)=C([Si](C)(C)C)[Si](C)(C)C)c1C. The van der Waals surface area contributed by atoms with Crippen LogP contribution in [0.25, 0.3) is 0 Å². The monoisotopic (exact) mass is 528 g/mol. The van der Waals surface area contributed by atoms with Crippen molar-refractivity contribution >= 4 is 62.2 Å². The second kappa shape index (κ2) is 10.4. The van der Waals surface area contributed by atoms with Gasteiger partial charge < -0.3 is 0 Å². The van der Waals surface area contributed by atoms with Gasteiger partial charge in [-0.3, -0.25) is 0 Å². The van der Waals surface area contributed by atoms with Gasteiger partial charge in [0.05, 0.1) is 16.1 Å². The summed E-state index contributed by atoms with van der Waals surface area (Å²) in [6, 6.07) is 4.57. The average Bonchev–Trinajstić information content (AvgIpc) is 2.67. The normalized spacial score (nSPS) is 12.1. The maximum Gasteiger partial charge on any atom is 0.304 e. The Kier molecular flexibility index (Phi) is 9.01. The molecule has 2 aromatic rings. The molecule has 0 atom stereocenters. The van der Waals surface area contributed by atoms with E-state index < -0.39 is 16.1 Å². The van der Waals surface area contributed by atoms with Gasteiger partial charge in [-0.25, -0.2) is 0 Å². The summed E-state index contributed by atoms with van der Waals surface area (Å²) in [4.78, 5) is 1.62. The summed E-state index contributed by atoms with van der Waals surface area (Å²) in [5.74, 6) is 0. The Morgan fingerprint density at radius 3 is 0.971 bits per heavy atom. The van der Waals surface area contributed by atoms with Crippen LogP contribution in [0.1, 0.15) is 44.5 Å². The smallest absolute Gasteiger partial charge is 0.183 e. The van der Waals surface area contributed by atoms with Crippen LogP contribution in [0.15, 0.2) is 22.3 Å². The fourth-order valence-electron chi connectivity index (χ4n) is 5.94. The van der Waals surface area contributed by atoms with Crippen molar-refractivity contribution in [2.45, 2.75) is 94.7 Å².